The zero-order valence-corrected chi connectivity index (χ0v) is 11.9. The van der Waals surface area contributed by atoms with Gasteiger partial charge >= 0.3 is 5.97 Å². The van der Waals surface area contributed by atoms with Crippen molar-refractivity contribution in [1.82, 2.24) is 4.90 Å². The highest BCUT2D eigenvalue weighted by molar-refractivity contribution is 5.92. The third kappa shape index (κ3) is 5.13. The van der Waals surface area contributed by atoms with Crippen LogP contribution in [0.4, 0.5) is 0 Å². The number of rotatable bonds is 7. The van der Waals surface area contributed by atoms with Crippen molar-refractivity contribution in [3.05, 3.63) is 29.8 Å². The number of amides is 2. The van der Waals surface area contributed by atoms with Gasteiger partial charge < -0.3 is 20.5 Å². The van der Waals surface area contributed by atoms with E-state index < -0.39 is 17.8 Å². The van der Waals surface area contributed by atoms with Gasteiger partial charge in [-0.05, 0) is 24.3 Å². The van der Waals surface area contributed by atoms with Gasteiger partial charge in [0.2, 0.25) is 5.91 Å². The minimum absolute atomic E-state index is 0.109. The van der Waals surface area contributed by atoms with Crippen molar-refractivity contribution < 1.29 is 24.2 Å². The number of hydrogen-bond acceptors (Lipinski definition) is 4. The number of primary amides is 1. The van der Waals surface area contributed by atoms with Crippen LogP contribution in [-0.2, 0) is 9.59 Å². The Morgan fingerprint density at radius 1 is 1.29 bits per heavy atom. The molecule has 2 amide bonds. The Morgan fingerprint density at radius 2 is 1.86 bits per heavy atom. The number of nitrogens with two attached hydrogens (primary N) is 1. The lowest BCUT2D eigenvalue weighted by molar-refractivity contribution is -0.143. The van der Waals surface area contributed by atoms with Gasteiger partial charge in [0.05, 0.1) is 5.92 Å². The molecule has 0 saturated heterocycles. The van der Waals surface area contributed by atoms with E-state index in [1.54, 1.807) is 0 Å². The van der Waals surface area contributed by atoms with Gasteiger partial charge in [-0.2, -0.15) is 0 Å². The summed E-state index contributed by atoms with van der Waals surface area (Å²) in [5.41, 5.74) is 5.46. The molecule has 0 aromatic heterocycles. The maximum atomic E-state index is 11.8. The smallest absolute Gasteiger partial charge is 0.308 e. The van der Waals surface area contributed by atoms with Crippen LogP contribution in [0.5, 0.6) is 5.75 Å². The zero-order chi connectivity index (χ0) is 16.0. The van der Waals surface area contributed by atoms with Crippen molar-refractivity contribution in [3.8, 4) is 5.75 Å². The van der Waals surface area contributed by atoms with E-state index in [0.29, 0.717) is 11.3 Å². The maximum absolute atomic E-state index is 11.8. The molecule has 1 unspecified atom stereocenters. The highest BCUT2D eigenvalue weighted by atomic mass is 16.5. The summed E-state index contributed by atoms with van der Waals surface area (Å²) in [5.74, 6) is -2.05. The summed E-state index contributed by atoms with van der Waals surface area (Å²) in [6.45, 7) is 1.42. The Hall–Kier alpha value is -2.57. The second kappa shape index (κ2) is 7.28. The largest absolute Gasteiger partial charge is 0.484 e. The standard InChI is InChI=1S/C14H18N2O5/c1-9(14(19)20)7-16(2)12(17)8-21-11-5-3-10(4-6-11)13(15)18/h3-6,9H,7-8H2,1-2H3,(H2,15,18)(H,19,20). The molecule has 0 aliphatic heterocycles. The molecule has 3 N–H and O–H groups in total. The van der Waals surface area contributed by atoms with Crippen molar-refractivity contribution in [2.45, 2.75) is 6.92 Å². The molecule has 7 heteroatoms. The normalized spacial score (nSPS) is 11.5. The molecule has 0 heterocycles. The Morgan fingerprint density at radius 3 is 2.33 bits per heavy atom. The molecule has 1 aromatic rings. The van der Waals surface area contributed by atoms with Crippen molar-refractivity contribution >= 4 is 17.8 Å². The summed E-state index contributed by atoms with van der Waals surface area (Å²) in [4.78, 5) is 34.7. The van der Waals surface area contributed by atoms with Crippen LogP contribution in [0.1, 0.15) is 17.3 Å². The van der Waals surface area contributed by atoms with Crippen molar-refractivity contribution in [2.75, 3.05) is 20.2 Å². The number of carbonyl (C=O) groups is 3. The first-order valence-electron chi connectivity index (χ1n) is 6.30. The second-order valence-electron chi connectivity index (χ2n) is 4.69. The molecule has 1 aromatic carbocycles. The van der Waals surface area contributed by atoms with E-state index in [1.165, 1.54) is 43.1 Å². The fraction of sp³-hybridized carbons (Fsp3) is 0.357. The summed E-state index contributed by atoms with van der Waals surface area (Å²) in [7, 11) is 1.52. The van der Waals surface area contributed by atoms with E-state index in [2.05, 4.69) is 0 Å². The first-order valence-corrected chi connectivity index (χ1v) is 6.30. The minimum Gasteiger partial charge on any atom is -0.484 e. The molecule has 0 spiro atoms. The van der Waals surface area contributed by atoms with E-state index >= 15 is 0 Å². The molecule has 1 atom stereocenters. The van der Waals surface area contributed by atoms with E-state index in [9.17, 15) is 14.4 Å². The average Bonchev–Trinajstić information content (AvgIpc) is 2.44. The summed E-state index contributed by atoms with van der Waals surface area (Å²) < 4.78 is 5.27. The van der Waals surface area contributed by atoms with Gasteiger partial charge in [0, 0.05) is 19.2 Å². The predicted octanol–water partition coefficient (Wildman–Crippen LogP) is 0.343. The number of hydrogen-bond donors (Lipinski definition) is 2. The molecule has 0 aliphatic rings. The Bertz CT molecular complexity index is 527. The Balaban J connectivity index is 2.48. The summed E-state index contributed by atoms with van der Waals surface area (Å²) in [6.07, 6.45) is 0. The van der Waals surface area contributed by atoms with Crippen LogP contribution in [0.15, 0.2) is 24.3 Å². The van der Waals surface area contributed by atoms with Crippen LogP contribution in [0.2, 0.25) is 0 Å². The summed E-state index contributed by atoms with van der Waals surface area (Å²) in [6, 6.07) is 6.07. The van der Waals surface area contributed by atoms with Crippen LogP contribution >= 0.6 is 0 Å². The average molecular weight is 294 g/mol. The number of carboxylic acid groups (broad SMARTS) is 1. The van der Waals surface area contributed by atoms with E-state index in [-0.39, 0.29) is 19.1 Å². The number of nitrogens with zero attached hydrogens (tertiary/aromatic N) is 1. The van der Waals surface area contributed by atoms with E-state index in [4.69, 9.17) is 15.6 Å². The van der Waals surface area contributed by atoms with Crippen LogP contribution in [0.25, 0.3) is 0 Å². The van der Waals surface area contributed by atoms with Gasteiger partial charge in [0.15, 0.2) is 6.61 Å². The van der Waals surface area contributed by atoms with Gasteiger partial charge in [-0.15, -0.1) is 0 Å². The predicted molar refractivity (Wildman–Crippen MR) is 74.9 cm³/mol. The SMILES string of the molecule is CC(CN(C)C(=O)COc1ccc(C(N)=O)cc1)C(=O)O. The van der Waals surface area contributed by atoms with Crippen LogP contribution in [0.3, 0.4) is 0 Å². The highest BCUT2D eigenvalue weighted by Gasteiger charge is 2.17. The second-order valence-corrected chi connectivity index (χ2v) is 4.69. The quantitative estimate of drug-likeness (QED) is 0.753. The molecule has 0 fully saturated rings. The first kappa shape index (κ1) is 16.5. The number of carbonyl (C=O) groups excluding carboxylic acids is 2. The Labute approximate surface area is 122 Å². The maximum Gasteiger partial charge on any atom is 0.308 e. The molecule has 0 bridgehead atoms. The number of aliphatic carboxylic acids is 1. The van der Waals surface area contributed by atoms with Crippen molar-refractivity contribution in [2.24, 2.45) is 11.7 Å². The fourth-order valence-corrected chi connectivity index (χ4v) is 1.56. The topological polar surface area (TPSA) is 110 Å². The molecule has 0 aliphatic carbocycles. The minimum atomic E-state index is -0.961. The van der Waals surface area contributed by atoms with Gasteiger partial charge in [-0.1, -0.05) is 6.92 Å². The van der Waals surface area contributed by atoms with Gasteiger partial charge in [0.1, 0.15) is 5.75 Å². The zero-order valence-electron chi connectivity index (χ0n) is 11.9. The lowest BCUT2D eigenvalue weighted by Crippen LogP contribution is -2.36. The summed E-state index contributed by atoms with van der Waals surface area (Å²) in [5, 5.41) is 8.78. The lowest BCUT2D eigenvalue weighted by atomic mass is 10.2. The lowest BCUT2D eigenvalue weighted by Gasteiger charge is -2.19. The molecule has 0 saturated carbocycles. The fourth-order valence-electron chi connectivity index (χ4n) is 1.56. The number of ether oxygens (including phenoxy) is 1. The van der Waals surface area contributed by atoms with Crippen LogP contribution in [0, 0.1) is 5.92 Å². The van der Waals surface area contributed by atoms with Crippen LogP contribution in [-0.4, -0.2) is 48.0 Å². The molecule has 7 nitrogen and oxygen atoms in total. The molecular formula is C14H18N2O5. The molecular weight excluding hydrogens is 276 g/mol. The molecule has 1 rings (SSSR count). The molecule has 114 valence electrons. The molecule has 0 radical (unpaired) electrons. The summed E-state index contributed by atoms with van der Waals surface area (Å²) >= 11 is 0. The first-order chi connectivity index (χ1) is 9.81. The van der Waals surface area contributed by atoms with Gasteiger partial charge in [-0.25, -0.2) is 0 Å². The third-order valence-electron chi connectivity index (χ3n) is 2.90. The third-order valence-corrected chi connectivity index (χ3v) is 2.90. The van der Waals surface area contributed by atoms with Crippen LogP contribution < -0.4 is 10.5 Å². The van der Waals surface area contributed by atoms with Gasteiger partial charge in [0.25, 0.3) is 5.91 Å². The number of carboxylic acids is 1. The van der Waals surface area contributed by atoms with Crippen molar-refractivity contribution in [1.29, 1.82) is 0 Å². The van der Waals surface area contributed by atoms with E-state index in [1.807, 2.05) is 0 Å². The highest BCUT2D eigenvalue weighted by Crippen LogP contribution is 2.12. The number of likely N-dealkylation sites (N-methyl/N-ethyl adjacent to an activating group) is 1. The number of benzene rings is 1. The Kier molecular flexibility index (Phi) is 5.71. The van der Waals surface area contributed by atoms with Gasteiger partial charge in [-0.3, -0.25) is 14.4 Å². The van der Waals surface area contributed by atoms with E-state index in [0.717, 1.165) is 0 Å². The monoisotopic (exact) mass is 294 g/mol. The molecule has 21 heavy (non-hydrogen) atoms. The van der Waals surface area contributed by atoms with Crippen molar-refractivity contribution in [3.63, 3.8) is 0 Å².